The SMILES string of the molecule is CN=C(NCCCCC(F)(F)F)N1CCc2cc(OC)c(OC)cc2C1. The Morgan fingerprint density at radius 3 is 2.38 bits per heavy atom. The van der Waals surface area contributed by atoms with Crippen LogP contribution in [-0.2, 0) is 13.0 Å². The molecule has 0 radical (unpaired) electrons. The second-order valence-corrected chi connectivity index (χ2v) is 6.19. The Labute approximate surface area is 152 Å². The van der Waals surface area contributed by atoms with Gasteiger partial charge in [0, 0.05) is 33.1 Å². The predicted octanol–water partition coefficient (Wildman–Crippen LogP) is 3.37. The van der Waals surface area contributed by atoms with Gasteiger partial charge in [-0.1, -0.05) is 0 Å². The van der Waals surface area contributed by atoms with Crippen molar-refractivity contribution in [1.29, 1.82) is 0 Å². The molecule has 0 spiro atoms. The summed E-state index contributed by atoms with van der Waals surface area (Å²) in [6.07, 6.45) is -3.42. The molecule has 5 nitrogen and oxygen atoms in total. The molecule has 0 aromatic heterocycles. The van der Waals surface area contributed by atoms with Crippen molar-refractivity contribution in [3.8, 4) is 11.5 Å². The number of guanidine groups is 1. The van der Waals surface area contributed by atoms with Gasteiger partial charge in [0.05, 0.1) is 14.2 Å². The lowest BCUT2D eigenvalue weighted by Gasteiger charge is -2.32. The molecule has 0 saturated heterocycles. The highest BCUT2D eigenvalue weighted by Crippen LogP contribution is 2.33. The van der Waals surface area contributed by atoms with E-state index in [9.17, 15) is 13.2 Å². The molecule has 1 aliphatic heterocycles. The summed E-state index contributed by atoms with van der Waals surface area (Å²) in [5, 5.41) is 3.16. The standard InChI is InChI=1S/C18H26F3N3O2/c1-22-17(23-8-5-4-7-18(19,20)21)24-9-6-13-10-15(25-2)16(26-3)11-14(13)12-24/h10-11H,4-9,12H2,1-3H3,(H,22,23). The van der Waals surface area contributed by atoms with E-state index in [-0.39, 0.29) is 6.42 Å². The Morgan fingerprint density at radius 2 is 1.81 bits per heavy atom. The van der Waals surface area contributed by atoms with E-state index in [2.05, 4.69) is 15.2 Å². The molecular weight excluding hydrogens is 347 g/mol. The molecule has 0 unspecified atom stereocenters. The van der Waals surface area contributed by atoms with Crippen LogP contribution in [0, 0.1) is 0 Å². The normalized spacial score (nSPS) is 14.8. The molecule has 0 aliphatic carbocycles. The van der Waals surface area contributed by atoms with Crippen LogP contribution in [0.5, 0.6) is 11.5 Å². The number of benzene rings is 1. The van der Waals surface area contributed by atoms with Crippen molar-refractivity contribution in [2.24, 2.45) is 4.99 Å². The van der Waals surface area contributed by atoms with Gasteiger partial charge in [0.2, 0.25) is 0 Å². The predicted molar refractivity (Wildman–Crippen MR) is 94.9 cm³/mol. The zero-order chi connectivity index (χ0) is 19.2. The van der Waals surface area contributed by atoms with Crippen molar-refractivity contribution >= 4 is 5.96 Å². The van der Waals surface area contributed by atoms with Crippen LogP contribution in [0.1, 0.15) is 30.4 Å². The number of unbranched alkanes of at least 4 members (excludes halogenated alkanes) is 1. The van der Waals surface area contributed by atoms with Gasteiger partial charge in [-0.2, -0.15) is 13.2 Å². The Hall–Kier alpha value is -2.12. The average Bonchev–Trinajstić information content (AvgIpc) is 2.62. The number of hydrogen-bond donors (Lipinski definition) is 1. The number of nitrogens with one attached hydrogen (secondary N) is 1. The zero-order valence-electron chi connectivity index (χ0n) is 15.4. The average molecular weight is 373 g/mol. The van der Waals surface area contributed by atoms with E-state index in [1.165, 1.54) is 5.56 Å². The molecule has 0 amide bonds. The maximum Gasteiger partial charge on any atom is 0.389 e. The molecule has 8 heteroatoms. The van der Waals surface area contributed by atoms with Gasteiger partial charge in [-0.25, -0.2) is 0 Å². The third-order valence-corrected chi connectivity index (χ3v) is 4.40. The Bertz CT molecular complexity index is 633. The first kappa shape index (κ1) is 20.2. The summed E-state index contributed by atoms with van der Waals surface area (Å²) in [5.74, 6) is 2.10. The summed E-state index contributed by atoms with van der Waals surface area (Å²) in [5.41, 5.74) is 2.34. The van der Waals surface area contributed by atoms with Crippen molar-refractivity contribution in [3.05, 3.63) is 23.3 Å². The van der Waals surface area contributed by atoms with Gasteiger partial charge in [0.15, 0.2) is 17.5 Å². The summed E-state index contributed by atoms with van der Waals surface area (Å²) in [7, 11) is 4.90. The number of nitrogens with zero attached hydrogens (tertiary/aromatic N) is 2. The fourth-order valence-corrected chi connectivity index (χ4v) is 3.05. The quantitative estimate of drug-likeness (QED) is 0.472. The summed E-state index contributed by atoms with van der Waals surface area (Å²) < 4.78 is 47.3. The lowest BCUT2D eigenvalue weighted by atomic mass is 9.99. The lowest BCUT2D eigenvalue weighted by Crippen LogP contribution is -2.44. The molecule has 1 aromatic rings. The number of methoxy groups -OCH3 is 2. The first-order valence-corrected chi connectivity index (χ1v) is 8.64. The van der Waals surface area contributed by atoms with Crippen LogP contribution in [0.25, 0.3) is 0 Å². The van der Waals surface area contributed by atoms with E-state index < -0.39 is 12.6 Å². The van der Waals surface area contributed by atoms with Crippen LogP contribution < -0.4 is 14.8 Å². The molecule has 0 fully saturated rings. The number of alkyl halides is 3. The molecule has 146 valence electrons. The van der Waals surface area contributed by atoms with Crippen LogP contribution in [0.4, 0.5) is 13.2 Å². The highest BCUT2D eigenvalue weighted by molar-refractivity contribution is 5.80. The summed E-state index contributed by atoms with van der Waals surface area (Å²) in [4.78, 5) is 6.36. The number of ether oxygens (including phenoxy) is 2. The largest absolute Gasteiger partial charge is 0.493 e. The van der Waals surface area contributed by atoms with E-state index in [1.807, 2.05) is 12.1 Å². The van der Waals surface area contributed by atoms with Gasteiger partial charge in [0.1, 0.15) is 0 Å². The first-order chi connectivity index (χ1) is 12.4. The molecule has 0 bridgehead atoms. The van der Waals surface area contributed by atoms with Crippen LogP contribution in [0.2, 0.25) is 0 Å². The minimum absolute atomic E-state index is 0.118. The molecule has 2 rings (SSSR count). The minimum atomic E-state index is -4.08. The summed E-state index contributed by atoms with van der Waals surface area (Å²) in [6, 6.07) is 3.97. The van der Waals surface area contributed by atoms with E-state index >= 15 is 0 Å². The maximum atomic E-state index is 12.2. The number of rotatable bonds is 6. The van der Waals surface area contributed by atoms with Crippen molar-refractivity contribution in [1.82, 2.24) is 10.2 Å². The second-order valence-electron chi connectivity index (χ2n) is 6.19. The highest BCUT2D eigenvalue weighted by Gasteiger charge is 2.26. The van der Waals surface area contributed by atoms with Gasteiger partial charge in [0.25, 0.3) is 0 Å². The van der Waals surface area contributed by atoms with Crippen molar-refractivity contribution in [2.75, 3.05) is 34.4 Å². The van der Waals surface area contributed by atoms with Crippen LogP contribution >= 0.6 is 0 Å². The molecule has 1 N–H and O–H groups in total. The maximum absolute atomic E-state index is 12.2. The topological polar surface area (TPSA) is 46.1 Å². The Kier molecular flexibility index (Phi) is 6.99. The summed E-state index contributed by atoms with van der Waals surface area (Å²) >= 11 is 0. The molecule has 1 heterocycles. The van der Waals surface area contributed by atoms with Gasteiger partial charge >= 0.3 is 6.18 Å². The minimum Gasteiger partial charge on any atom is -0.493 e. The van der Waals surface area contributed by atoms with Crippen LogP contribution in [0.3, 0.4) is 0 Å². The van der Waals surface area contributed by atoms with E-state index in [0.29, 0.717) is 37.0 Å². The van der Waals surface area contributed by atoms with Gasteiger partial charge in [-0.05, 0) is 42.5 Å². The molecule has 26 heavy (non-hydrogen) atoms. The summed E-state index contributed by atoms with van der Waals surface area (Å²) in [6.45, 7) is 1.92. The molecule has 0 saturated carbocycles. The monoisotopic (exact) mass is 373 g/mol. The Balaban J connectivity index is 1.93. The third kappa shape index (κ3) is 5.44. The second kappa shape index (κ2) is 9.00. The smallest absolute Gasteiger partial charge is 0.389 e. The molecule has 1 aliphatic rings. The van der Waals surface area contributed by atoms with Crippen molar-refractivity contribution < 1.29 is 22.6 Å². The van der Waals surface area contributed by atoms with Gasteiger partial charge in [-0.15, -0.1) is 0 Å². The number of halogens is 3. The molecular formula is C18H26F3N3O2. The number of hydrogen-bond acceptors (Lipinski definition) is 3. The zero-order valence-corrected chi connectivity index (χ0v) is 15.4. The first-order valence-electron chi connectivity index (χ1n) is 8.64. The fraction of sp³-hybridized carbons (Fsp3) is 0.611. The van der Waals surface area contributed by atoms with Crippen LogP contribution in [-0.4, -0.2) is 51.4 Å². The van der Waals surface area contributed by atoms with E-state index in [0.717, 1.165) is 18.5 Å². The van der Waals surface area contributed by atoms with E-state index in [1.54, 1.807) is 21.3 Å². The van der Waals surface area contributed by atoms with Gasteiger partial charge < -0.3 is 19.7 Å². The van der Waals surface area contributed by atoms with Gasteiger partial charge in [-0.3, -0.25) is 4.99 Å². The molecule has 1 aromatic carbocycles. The highest BCUT2D eigenvalue weighted by atomic mass is 19.4. The Morgan fingerprint density at radius 1 is 1.15 bits per heavy atom. The third-order valence-electron chi connectivity index (χ3n) is 4.40. The van der Waals surface area contributed by atoms with Crippen molar-refractivity contribution in [3.63, 3.8) is 0 Å². The van der Waals surface area contributed by atoms with Crippen molar-refractivity contribution in [2.45, 2.75) is 38.4 Å². The van der Waals surface area contributed by atoms with Crippen LogP contribution in [0.15, 0.2) is 17.1 Å². The number of fused-ring (bicyclic) bond motifs is 1. The lowest BCUT2D eigenvalue weighted by molar-refractivity contribution is -0.135. The fourth-order valence-electron chi connectivity index (χ4n) is 3.05. The molecule has 0 atom stereocenters. The number of aliphatic imine (C=N–C) groups is 1. The van der Waals surface area contributed by atoms with E-state index in [4.69, 9.17) is 9.47 Å².